The summed E-state index contributed by atoms with van der Waals surface area (Å²) in [5, 5.41) is 10.6. The predicted octanol–water partition coefficient (Wildman–Crippen LogP) is 13.9. The number of para-hydroxylation sites is 1. The Morgan fingerprint density at radius 2 is 1.00 bits per heavy atom. The second kappa shape index (κ2) is 10.5. The third kappa shape index (κ3) is 4.21. The number of rotatable bonds is 4. The van der Waals surface area contributed by atoms with Gasteiger partial charge < -0.3 is 4.90 Å². The fraction of sp³-hybridized carbons (Fsp3) is 0. The van der Waals surface area contributed by atoms with Crippen LogP contribution < -0.4 is 4.90 Å². The number of thiophene rings is 2. The maximum absolute atomic E-state index is 2.38. The Hall–Kier alpha value is -5.48. The molecule has 0 saturated heterocycles. The molecule has 220 valence electrons. The molecule has 0 fully saturated rings. The Morgan fingerprint density at radius 1 is 0.362 bits per heavy atom. The van der Waals surface area contributed by atoms with Gasteiger partial charge in [-0.05, 0) is 81.2 Å². The average Bonchev–Trinajstić information content (AvgIpc) is 3.70. The van der Waals surface area contributed by atoms with Crippen LogP contribution in [0.4, 0.5) is 17.1 Å². The monoisotopic (exact) mass is 633 g/mol. The van der Waals surface area contributed by atoms with Crippen LogP contribution in [0, 0.1) is 0 Å². The van der Waals surface area contributed by atoms with E-state index in [1.54, 1.807) is 0 Å². The Labute approximate surface area is 280 Å². The molecular weight excluding hydrogens is 607 g/mol. The van der Waals surface area contributed by atoms with Gasteiger partial charge in [0.2, 0.25) is 0 Å². The lowest BCUT2D eigenvalue weighted by Gasteiger charge is -2.25. The summed E-state index contributed by atoms with van der Waals surface area (Å²) in [6.07, 6.45) is 0. The van der Waals surface area contributed by atoms with Crippen molar-refractivity contribution in [2.75, 3.05) is 4.90 Å². The molecule has 2 aromatic heterocycles. The molecule has 0 N–H and O–H groups in total. The summed E-state index contributed by atoms with van der Waals surface area (Å²) in [6, 6.07) is 59.9. The SMILES string of the molecule is c1ccc(N(c2ccc(-c3cccc4ccccc34)cc2)c2ccc3c(c2)sc2ccc4c(sc5ccc6ccccc6c54)c23)cc1. The minimum absolute atomic E-state index is 1.14. The molecule has 1 nitrogen and oxygen atoms in total. The zero-order valence-electron chi connectivity index (χ0n) is 25.4. The first-order valence-electron chi connectivity index (χ1n) is 15.9. The van der Waals surface area contributed by atoms with Crippen molar-refractivity contribution in [1.29, 1.82) is 0 Å². The summed E-state index contributed by atoms with van der Waals surface area (Å²) < 4.78 is 5.38. The zero-order valence-corrected chi connectivity index (χ0v) is 27.0. The zero-order chi connectivity index (χ0) is 30.9. The van der Waals surface area contributed by atoms with Gasteiger partial charge >= 0.3 is 0 Å². The van der Waals surface area contributed by atoms with Crippen LogP contribution in [0.2, 0.25) is 0 Å². The first kappa shape index (κ1) is 26.7. The molecule has 47 heavy (non-hydrogen) atoms. The van der Waals surface area contributed by atoms with Crippen molar-refractivity contribution < 1.29 is 0 Å². The summed E-state index contributed by atoms with van der Waals surface area (Å²) in [7, 11) is 0. The van der Waals surface area contributed by atoms with Crippen LogP contribution >= 0.6 is 22.7 Å². The molecule has 0 aliphatic rings. The highest BCUT2D eigenvalue weighted by Gasteiger charge is 2.18. The number of benzene rings is 8. The topological polar surface area (TPSA) is 3.24 Å². The molecule has 0 bridgehead atoms. The maximum atomic E-state index is 2.38. The minimum atomic E-state index is 1.14. The van der Waals surface area contributed by atoms with E-state index in [2.05, 4.69) is 169 Å². The van der Waals surface area contributed by atoms with Crippen molar-refractivity contribution in [3.05, 3.63) is 164 Å². The van der Waals surface area contributed by atoms with Gasteiger partial charge in [-0.1, -0.05) is 115 Å². The van der Waals surface area contributed by atoms with Crippen LogP contribution in [0.5, 0.6) is 0 Å². The fourth-order valence-corrected chi connectivity index (χ4v) is 9.77. The summed E-state index contributed by atoms with van der Waals surface area (Å²) in [4.78, 5) is 2.37. The quantitative estimate of drug-likeness (QED) is 0.186. The lowest BCUT2D eigenvalue weighted by molar-refractivity contribution is 1.29. The van der Waals surface area contributed by atoms with Crippen LogP contribution in [-0.2, 0) is 0 Å². The molecule has 0 aliphatic carbocycles. The van der Waals surface area contributed by atoms with Gasteiger partial charge in [-0.15, -0.1) is 22.7 Å². The van der Waals surface area contributed by atoms with Gasteiger partial charge in [0.05, 0.1) is 0 Å². The third-order valence-corrected chi connectivity index (χ3v) is 11.8. The minimum Gasteiger partial charge on any atom is -0.310 e. The highest BCUT2D eigenvalue weighted by atomic mass is 32.1. The Kier molecular flexibility index (Phi) is 5.98. The molecule has 0 saturated carbocycles. The summed E-state index contributed by atoms with van der Waals surface area (Å²) in [5.74, 6) is 0. The van der Waals surface area contributed by atoms with Crippen LogP contribution in [0.25, 0.3) is 73.0 Å². The molecule has 0 unspecified atom stereocenters. The van der Waals surface area contributed by atoms with Gasteiger partial charge in [0.1, 0.15) is 0 Å². The number of hydrogen-bond donors (Lipinski definition) is 0. The van der Waals surface area contributed by atoms with E-state index in [4.69, 9.17) is 0 Å². The molecule has 0 aliphatic heterocycles. The second-order valence-corrected chi connectivity index (χ2v) is 14.2. The van der Waals surface area contributed by atoms with Crippen LogP contribution in [0.3, 0.4) is 0 Å². The standard InChI is InChI=1S/C44H27NS2/c1-2-12-31(13-3-1)45(32-20-17-30(18-21-32)35-16-8-11-28-9-4-6-14-34(28)35)33-22-23-37-41(27-33)46-40-26-24-38-42-36-15-7-5-10-29(36)19-25-39(42)47-44(38)43(37)40/h1-27H. The van der Waals surface area contributed by atoms with Gasteiger partial charge in [-0.2, -0.15) is 0 Å². The highest BCUT2D eigenvalue weighted by Crippen LogP contribution is 2.47. The lowest BCUT2D eigenvalue weighted by atomic mass is 9.98. The lowest BCUT2D eigenvalue weighted by Crippen LogP contribution is -2.09. The van der Waals surface area contributed by atoms with Crippen molar-refractivity contribution in [3.63, 3.8) is 0 Å². The Morgan fingerprint density at radius 3 is 1.85 bits per heavy atom. The van der Waals surface area contributed by atoms with Crippen LogP contribution in [0.1, 0.15) is 0 Å². The highest BCUT2D eigenvalue weighted by molar-refractivity contribution is 7.30. The van der Waals surface area contributed by atoms with E-state index in [1.807, 2.05) is 22.7 Å². The largest absolute Gasteiger partial charge is 0.310 e. The van der Waals surface area contributed by atoms with Gasteiger partial charge in [0, 0.05) is 57.4 Å². The second-order valence-electron chi connectivity index (χ2n) is 12.1. The van der Waals surface area contributed by atoms with Crippen LogP contribution in [0.15, 0.2) is 164 Å². The van der Waals surface area contributed by atoms with Crippen molar-refractivity contribution in [1.82, 2.24) is 0 Å². The fourth-order valence-electron chi connectivity index (χ4n) is 7.28. The number of fused-ring (bicyclic) bond motifs is 10. The maximum Gasteiger partial charge on any atom is 0.0476 e. The van der Waals surface area contributed by atoms with E-state index in [0.29, 0.717) is 0 Å². The van der Waals surface area contributed by atoms with E-state index in [9.17, 15) is 0 Å². The summed E-state index contributed by atoms with van der Waals surface area (Å²) in [6.45, 7) is 0. The van der Waals surface area contributed by atoms with Crippen LogP contribution in [-0.4, -0.2) is 0 Å². The van der Waals surface area contributed by atoms with E-state index in [1.165, 1.54) is 73.0 Å². The van der Waals surface area contributed by atoms with Crippen molar-refractivity contribution in [3.8, 4) is 11.1 Å². The molecule has 2 heterocycles. The molecule has 0 radical (unpaired) electrons. The van der Waals surface area contributed by atoms with Gasteiger partial charge in [0.15, 0.2) is 0 Å². The molecule has 8 aromatic carbocycles. The summed E-state index contributed by atoms with van der Waals surface area (Å²) >= 11 is 3.82. The first-order valence-corrected chi connectivity index (χ1v) is 17.6. The molecule has 10 rings (SSSR count). The first-order chi connectivity index (χ1) is 23.3. The summed E-state index contributed by atoms with van der Waals surface area (Å²) in [5.41, 5.74) is 5.92. The van der Waals surface area contributed by atoms with E-state index >= 15 is 0 Å². The van der Waals surface area contributed by atoms with Gasteiger partial charge in [-0.3, -0.25) is 0 Å². The predicted molar refractivity (Wildman–Crippen MR) is 207 cm³/mol. The van der Waals surface area contributed by atoms with E-state index in [-0.39, 0.29) is 0 Å². The van der Waals surface area contributed by atoms with Gasteiger partial charge in [-0.25, -0.2) is 0 Å². The molecule has 10 aromatic rings. The Bertz CT molecular complexity index is 2780. The smallest absolute Gasteiger partial charge is 0.0476 e. The van der Waals surface area contributed by atoms with Crippen molar-refractivity contribution in [2.45, 2.75) is 0 Å². The number of hydrogen-bond acceptors (Lipinski definition) is 3. The van der Waals surface area contributed by atoms with Crippen molar-refractivity contribution >= 4 is 102 Å². The Balaban J connectivity index is 1.12. The molecule has 0 amide bonds. The average molecular weight is 634 g/mol. The third-order valence-electron chi connectivity index (χ3n) is 9.44. The van der Waals surface area contributed by atoms with E-state index in [0.717, 1.165) is 17.1 Å². The number of anilines is 3. The normalized spacial score (nSPS) is 11.8. The van der Waals surface area contributed by atoms with Gasteiger partial charge in [0.25, 0.3) is 0 Å². The number of nitrogens with zero attached hydrogens (tertiary/aromatic N) is 1. The van der Waals surface area contributed by atoms with E-state index < -0.39 is 0 Å². The molecule has 3 heteroatoms. The molecular formula is C44H27NS2. The molecule has 0 spiro atoms. The van der Waals surface area contributed by atoms with Crippen molar-refractivity contribution in [2.24, 2.45) is 0 Å². The molecule has 0 atom stereocenters.